The van der Waals surface area contributed by atoms with Gasteiger partial charge in [-0.1, -0.05) is 18.5 Å². The van der Waals surface area contributed by atoms with Crippen LogP contribution in [0.1, 0.15) is 40.3 Å². The average molecular weight is 580 g/mol. The monoisotopic (exact) mass is 579 g/mol. The van der Waals surface area contributed by atoms with Gasteiger partial charge in [0.05, 0.1) is 15.8 Å². The van der Waals surface area contributed by atoms with Gasteiger partial charge in [-0.05, 0) is 36.8 Å². The molecule has 3 aromatic rings. The van der Waals surface area contributed by atoms with E-state index >= 15 is 0 Å². The van der Waals surface area contributed by atoms with Crippen LogP contribution in [0.3, 0.4) is 0 Å². The van der Waals surface area contributed by atoms with Crippen LogP contribution in [0.5, 0.6) is 0 Å². The van der Waals surface area contributed by atoms with Gasteiger partial charge in [-0.3, -0.25) is 14.6 Å². The maximum atomic E-state index is 14.9. The molecule has 0 N–H and O–H groups in total. The van der Waals surface area contributed by atoms with E-state index in [0.717, 1.165) is 10.9 Å². The van der Waals surface area contributed by atoms with E-state index in [1.807, 2.05) is 0 Å². The number of aliphatic imine (C=N–C) groups is 1. The number of imidazole rings is 1. The SMILES string of the molecule is CC(CS(=O)(=O)C(=N[C@H]1CCN(c2ccc(C(=O)N(C)C)cc2F)C1=O)c1nccn1C)c1ccc(Cl)s1. The number of amides is 2. The lowest BCUT2D eigenvalue weighted by Gasteiger charge is -2.18. The molecular weight excluding hydrogens is 553 g/mol. The highest BCUT2D eigenvalue weighted by Crippen LogP contribution is 2.31. The predicted octanol–water partition coefficient (Wildman–Crippen LogP) is 3.75. The Balaban J connectivity index is 1.64. The second-order valence-electron chi connectivity index (χ2n) is 9.28. The van der Waals surface area contributed by atoms with Crippen molar-refractivity contribution in [3.05, 3.63) is 69.1 Å². The van der Waals surface area contributed by atoms with Crippen molar-refractivity contribution in [1.29, 1.82) is 0 Å². The third-order valence-corrected chi connectivity index (χ3v) is 9.48. The Bertz CT molecular complexity index is 1520. The molecule has 38 heavy (non-hydrogen) atoms. The first-order chi connectivity index (χ1) is 17.9. The van der Waals surface area contributed by atoms with Crippen LogP contribution in [-0.2, 0) is 21.7 Å². The van der Waals surface area contributed by atoms with Gasteiger partial charge >= 0.3 is 0 Å². The molecule has 3 heterocycles. The van der Waals surface area contributed by atoms with Crippen LogP contribution < -0.4 is 4.90 Å². The molecule has 13 heteroatoms. The number of hydrogen-bond donors (Lipinski definition) is 0. The Morgan fingerprint density at radius 1 is 1.32 bits per heavy atom. The Morgan fingerprint density at radius 3 is 2.63 bits per heavy atom. The Morgan fingerprint density at radius 2 is 2.05 bits per heavy atom. The van der Waals surface area contributed by atoms with Crippen LogP contribution in [0.4, 0.5) is 10.1 Å². The second kappa shape index (κ2) is 11.0. The molecule has 4 rings (SSSR count). The molecule has 1 unspecified atom stereocenters. The normalized spacial score (nSPS) is 17.2. The van der Waals surface area contributed by atoms with E-state index in [0.29, 0.717) is 4.34 Å². The third kappa shape index (κ3) is 5.67. The van der Waals surface area contributed by atoms with Gasteiger partial charge in [0.1, 0.15) is 11.9 Å². The molecule has 0 saturated carbocycles. The Kier molecular flexibility index (Phi) is 8.05. The number of thiophene rings is 1. The van der Waals surface area contributed by atoms with Crippen LogP contribution >= 0.6 is 22.9 Å². The molecule has 2 atom stereocenters. The first kappa shape index (κ1) is 27.9. The highest BCUT2D eigenvalue weighted by atomic mass is 35.5. The number of rotatable bonds is 7. The molecule has 202 valence electrons. The summed E-state index contributed by atoms with van der Waals surface area (Å²) >= 11 is 7.33. The molecule has 0 spiro atoms. The molecule has 1 aliphatic heterocycles. The topological polar surface area (TPSA) is 105 Å². The van der Waals surface area contributed by atoms with Crippen LogP contribution in [0.25, 0.3) is 0 Å². The number of sulfone groups is 1. The highest BCUT2D eigenvalue weighted by molar-refractivity contribution is 8.06. The van der Waals surface area contributed by atoms with Crippen molar-refractivity contribution in [2.75, 3.05) is 31.3 Å². The number of carbonyl (C=O) groups is 2. The van der Waals surface area contributed by atoms with Gasteiger partial charge in [0.15, 0.2) is 20.7 Å². The first-order valence-corrected chi connectivity index (χ1v) is 14.6. The number of benzene rings is 1. The van der Waals surface area contributed by atoms with E-state index in [2.05, 4.69) is 9.98 Å². The van der Waals surface area contributed by atoms with E-state index in [1.54, 1.807) is 46.4 Å². The zero-order chi connectivity index (χ0) is 27.8. The van der Waals surface area contributed by atoms with Crippen molar-refractivity contribution in [2.45, 2.75) is 25.3 Å². The second-order valence-corrected chi connectivity index (χ2v) is 13.0. The lowest BCUT2D eigenvalue weighted by molar-refractivity contribution is -0.118. The summed E-state index contributed by atoms with van der Waals surface area (Å²) in [6.45, 7) is 1.93. The third-order valence-electron chi connectivity index (χ3n) is 6.20. The van der Waals surface area contributed by atoms with Crippen molar-refractivity contribution in [1.82, 2.24) is 14.5 Å². The van der Waals surface area contributed by atoms with Gasteiger partial charge in [0.2, 0.25) is 0 Å². The van der Waals surface area contributed by atoms with Gasteiger partial charge in [-0.2, -0.15) is 0 Å². The zero-order valence-electron chi connectivity index (χ0n) is 21.3. The van der Waals surface area contributed by atoms with Crippen molar-refractivity contribution >= 4 is 55.3 Å². The molecule has 0 aliphatic carbocycles. The van der Waals surface area contributed by atoms with Crippen molar-refractivity contribution in [2.24, 2.45) is 12.0 Å². The fraction of sp³-hybridized carbons (Fsp3) is 0.360. The smallest absolute Gasteiger partial charge is 0.253 e. The van der Waals surface area contributed by atoms with Crippen LogP contribution in [0, 0.1) is 5.82 Å². The predicted molar refractivity (Wildman–Crippen MR) is 146 cm³/mol. The number of aromatic nitrogens is 2. The maximum absolute atomic E-state index is 14.9. The molecule has 9 nitrogen and oxygen atoms in total. The van der Waals surface area contributed by atoms with Gasteiger partial charge in [0.25, 0.3) is 11.8 Å². The summed E-state index contributed by atoms with van der Waals surface area (Å²) in [5.74, 6) is -2.13. The fourth-order valence-electron chi connectivity index (χ4n) is 4.21. The molecule has 2 aromatic heterocycles. The summed E-state index contributed by atoms with van der Waals surface area (Å²) in [6, 6.07) is 6.38. The largest absolute Gasteiger partial charge is 0.345 e. The minimum Gasteiger partial charge on any atom is -0.345 e. The van der Waals surface area contributed by atoms with Gasteiger partial charge in [-0.25, -0.2) is 17.8 Å². The number of hydrogen-bond acceptors (Lipinski definition) is 7. The number of anilines is 1. The van der Waals surface area contributed by atoms with Gasteiger partial charge in [0, 0.05) is 56.4 Å². The quantitative estimate of drug-likeness (QED) is 0.313. The minimum atomic E-state index is -3.99. The molecule has 1 aromatic carbocycles. The van der Waals surface area contributed by atoms with Crippen LogP contribution in [-0.4, -0.2) is 72.2 Å². The molecule has 1 fully saturated rings. The zero-order valence-corrected chi connectivity index (χ0v) is 23.6. The molecule has 0 radical (unpaired) electrons. The molecule has 1 aliphatic rings. The van der Waals surface area contributed by atoms with E-state index < -0.39 is 27.6 Å². The summed E-state index contributed by atoms with van der Waals surface area (Å²) < 4.78 is 44.2. The number of nitrogens with zero attached hydrogens (tertiary/aromatic N) is 5. The summed E-state index contributed by atoms with van der Waals surface area (Å²) in [6.07, 6.45) is 3.24. The van der Waals surface area contributed by atoms with E-state index in [1.165, 1.54) is 44.0 Å². The standard InChI is InChI=1S/C25H27ClFN5O4S2/c1-15(20-7-8-21(26)37-20)14-38(35,36)23(22-28-10-12-31(22)4)29-18-9-11-32(25(18)34)19-6-5-16(13-17(19)27)24(33)30(2)3/h5-8,10,12-13,15,18H,9,11,14H2,1-4H3/t15?,18-/m0/s1. The highest BCUT2D eigenvalue weighted by Gasteiger charge is 2.37. The minimum absolute atomic E-state index is 0.00704. The molecular formula is C25H27ClFN5O4S2. The van der Waals surface area contributed by atoms with Crippen LogP contribution in [0.15, 0.2) is 47.7 Å². The molecule has 2 amide bonds. The lowest BCUT2D eigenvalue weighted by atomic mass is 10.1. The lowest BCUT2D eigenvalue weighted by Crippen LogP contribution is -2.32. The van der Waals surface area contributed by atoms with Crippen LogP contribution in [0.2, 0.25) is 4.34 Å². The Hall–Kier alpha value is -3.09. The summed E-state index contributed by atoms with van der Waals surface area (Å²) in [5.41, 5.74) is 0.161. The Labute approximate surface area is 229 Å². The van der Waals surface area contributed by atoms with Crippen molar-refractivity contribution < 1.29 is 22.4 Å². The van der Waals surface area contributed by atoms with Crippen molar-refractivity contribution in [3.63, 3.8) is 0 Å². The first-order valence-electron chi connectivity index (χ1n) is 11.7. The number of carbonyl (C=O) groups excluding carboxylic acids is 2. The molecule has 1 saturated heterocycles. The van der Waals surface area contributed by atoms with Crippen molar-refractivity contribution in [3.8, 4) is 0 Å². The summed E-state index contributed by atoms with van der Waals surface area (Å²) in [4.78, 5) is 37.4. The van der Waals surface area contributed by atoms with E-state index in [9.17, 15) is 22.4 Å². The van der Waals surface area contributed by atoms with E-state index in [-0.39, 0.29) is 52.7 Å². The van der Waals surface area contributed by atoms with Gasteiger partial charge in [-0.15, -0.1) is 11.3 Å². The number of halogens is 2. The van der Waals surface area contributed by atoms with E-state index in [4.69, 9.17) is 11.6 Å². The number of aryl methyl sites for hydroxylation is 1. The summed E-state index contributed by atoms with van der Waals surface area (Å²) in [7, 11) is 0.776. The summed E-state index contributed by atoms with van der Waals surface area (Å²) in [5, 5.41) is -0.285. The molecule has 0 bridgehead atoms. The van der Waals surface area contributed by atoms with Gasteiger partial charge < -0.3 is 14.4 Å². The average Bonchev–Trinajstić information content (AvgIpc) is 3.57. The fourth-order valence-corrected chi connectivity index (χ4v) is 7.19. The maximum Gasteiger partial charge on any atom is 0.253 e.